The van der Waals surface area contributed by atoms with E-state index < -0.39 is 0 Å². The van der Waals surface area contributed by atoms with Crippen LogP contribution in [0.15, 0.2) is 47.6 Å². The van der Waals surface area contributed by atoms with Crippen LogP contribution in [0.2, 0.25) is 0 Å². The molecule has 2 aromatic rings. The van der Waals surface area contributed by atoms with Gasteiger partial charge in [-0.2, -0.15) is 15.1 Å². The molecule has 6 heteroatoms. The topological polar surface area (TPSA) is 56.6 Å². The molecule has 0 amide bonds. The van der Waals surface area contributed by atoms with Crippen molar-refractivity contribution in [3.05, 3.63) is 48.0 Å². The van der Waals surface area contributed by atoms with Gasteiger partial charge in [-0.15, -0.1) is 0 Å². The molecule has 0 spiro atoms. The number of hydrogen-bond acceptors (Lipinski definition) is 6. The molecule has 1 N–H and O–H groups in total. The summed E-state index contributed by atoms with van der Waals surface area (Å²) in [7, 11) is 7.70. The zero-order valence-corrected chi connectivity index (χ0v) is 13.9. The van der Waals surface area contributed by atoms with Crippen LogP contribution in [0.5, 0.6) is 0 Å². The molecular weight excluding hydrogens is 288 g/mol. The van der Waals surface area contributed by atoms with Crippen LogP contribution in [-0.4, -0.2) is 44.4 Å². The molecule has 120 valence electrons. The van der Waals surface area contributed by atoms with E-state index in [-0.39, 0.29) is 0 Å². The highest BCUT2D eigenvalue weighted by molar-refractivity contribution is 5.78. The first kappa shape index (κ1) is 16.5. The van der Waals surface area contributed by atoms with E-state index in [1.54, 1.807) is 6.21 Å². The van der Waals surface area contributed by atoms with Crippen molar-refractivity contribution >= 4 is 29.9 Å². The maximum absolute atomic E-state index is 4.45. The third kappa shape index (κ3) is 5.10. The Morgan fingerprint density at radius 2 is 1.74 bits per heavy atom. The zero-order valence-electron chi connectivity index (χ0n) is 13.9. The van der Waals surface area contributed by atoms with E-state index in [1.165, 1.54) is 0 Å². The molecule has 0 fully saturated rings. The van der Waals surface area contributed by atoms with Gasteiger partial charge in [0.25, 0.3) is 0 Å². The van der Waals surface area contributed by atoms with Crippen LogP contribution >= 0.6 is 0 Å². The normalized spacial score (nSPS) is 11.1. The van der Waals surface area contributed by atoms with Gasteiger partial charge in [0.05, 0.1) is 0 Å². The molecule has 1 heterocycles. The number of hydrazone groups is 1. The van der Waals surface area contributed by atoms with Crippen molar-refractivity contribution in [2.45, 2.75) is 0 Å². The van der Waals surface area contributed by atoms with E-state index in [0.717, 1.165) is 11.4 Å². The van der Waals surface area contributed by atoms with E-state index in [9.17, 15) is 0 Å². The average Bonchev–Trinajstić information content (AvgIpc) is 2.55. The second-order valence-electron chi connectivity index (χ2n) is 5.36. The summed E-state index contributed by atoms with van der Waals surface area (Å²) in [6, 6.07) is 11.9. The van der Waals surface area contributed by atoms with Crippen molar-refractivity contribution in [1.82, 2.24) is 9.97 Å². The second kappa shape index (κ2) is 7.93. The van der Waals surface area contributed by atoms with E-state index in [4.69, 9.17) is 0 Å². The van der Waals surface area contributed by atoms with Gasteiger partial charge >= 0.3 is 0 Å². The lowest BCUT2D eigenvalue weighted by molar-refractivity contribution is 0.966. The van der Waals surface area contributed by atoms with Gasteiger partial charge in [0.15, 0.2) is 5.82 Å². The monoisotopic (exact) mass is 310 g/mol. The fraction of sp³-hybridized carbons (Fsp3) is 0.235. The van der Waals surface area contributed by atoms with Crippen LogP contribution in [0.4, 0.5) is 17.6 Å². The molecule has 0 aliphatic heterocycles. The summed E-state index contributed by atoms with van der Waals surface area (Å²) in [4.78, 5) is 12.6. The summed E-state index contributed by atoms with van der Waals surface area (Å²) in [5, 5.41) is 4.17. The largest absolute Gasteiger partial charge is 0.363 e. The number of anilines is 3. The van der Waals surface area contributed by atoms with Gasteiger partial charge in [0.1, 0.15) is 5.82 Å². The van der Waals surface area contributed by atoms with Crippen molar-refractivity contribution < 1.29 is 0 Å². The molecule has 1 aromatic heterocycles. The lowest BCUT2D eigenvalue weighted by atomic mass is 10.2. The van der Waals surface area contributed by atoms with Crippen molar-refractivity contribution in [3.63, 3.8) is 0 Å². The zero-order chi connectivity index (χ0) is 16.7. The van der Waals surface area contributed by atoms with Crippen LogP contribution in [0.1, 0.15) is 5.56 Å². The highest BCUT2D eigenvalue weighted by Crippen LogP contribution is 2.17. The van der Waals surface area contributed by atoms with E-state index in [1.807, 2.05) is 86.5 Å². The molecule has 2 rings (SSSR count). The molecular formula is C17H22N6. The predicted octanol–water partition coefficient (Wildman–Crippen LogP) is 2.72. The summed E-state index contributed by atoms with van der Waals surface area (Å²) in [6.07, 6.45) is 5.56. The van der Waals surface area contributed by atoms with E-state index in [0.29, 0.717) is 11.8 Å². The third-order valence-electron chi connectivity index (χ3n) is 2.99. The number of nitrogens with zero attached hydrogens (tertiary/aromatic N) is 5. The fourth-order valence-electron chi connectivity index (χ4n) is 1.77. The molecule has 6 nitrogen and oxygen atoms in total. The Bertz CT molecular complexity index is 650. The number of benzene rings is 1. The molecule has 0 saturated carbocycles. The number of aromatic nitrogens is 2. The first-order valence-electron chi connectivity index (χ1n) is 7.31. The van der Waals surface area contributed by atoms with Crippen molar-refractivity contribution in [3.8, 4) is 0 Å². The maximum atomic E-state index is 4.45. The van der Waals surface area contributed by atoms with E-state index in [2.05, 4.69) is 20.5 Å². The van der Waals surface area contributed by atoms with Gasteiger partial charge in [0.2, 0.25) is 5.95 Å². The lowest BCUT2D eigenvalue weighted by Gasteiger charge is -2.16. The SMILES string of the molecule is CN(C)c1cc(N/N=C\C=C\c2ccccc2)nc(N(C)C)n1. The molecule has 0 unspecified atom stereocenters. The highest BCUT2D eigenvalue weighted by atomic mass is 15.3. The Morgan fingerprint density at radius 3 is 2.39 bits per heavy atom. The maximum Gasteiger partial charge on any atom is 0.228 e. The van der Waals surface area contributed by atoms with Gasteiger partial charge < -0.3 is 9.80 Å². The Kier molecular flexibility index (Phi) is 5.68. The standard InChI is InChI=1S/C17H22N6/c1-22(2)16-13-15(19-17(20-16)23(3)4)21-18-12-8-11-14-9-6-5-7-10-14/h5-13H,1-4H3,(H,19,20,21)/b11-8+,18-12-. The second-order valence-corrected chi connectivity index (χ2v) is 5.36. The minimum atomic E-state index is 0.633. The first-order chi connectivity index (χ1) is 11.1. The van der Waals surface area contributed by atoms with Gasteiger partial charge in [0, 0.05) is 40.5 Å². The molecule has 1 aromatic carbocycles. The van der Waals surface area contributed by atoms with Crippen LogP contribution in [0, 0.1) is 0 Å². The Hall–Kier alpha value is -2.89. The Morgan fingerprint density at radius 1 is 1.00 bits per heavy atom. The molecule has 0 bridgehead atoms. The van der Waals surface area contributed by atoms with Crippen molar-refractivity contribution in [2.75, 3.05) is 43.4 Å². The van der Waals surface area contributed by atoms with Crippen molar-refractivity contribution in [1.29, 1.82) is 0 Å². The minimum Gasteiger partial charge on any atom is -0.363 e. The summed E-state index contributed by atoms with van der Waals surface area (Å²) >= 11 is 0. The first-order valence-corrected chi connectivity index (χ1v) is 7.31. The van der Waals surface area contributed by atoms with Gasteiger partial charge in [-0.1, -0.05) is 36.4 Å². The van der Waals surface area contributed by atoms with Crippen LogP contribution in [0.25, 0.3) is 6.08 Å². The van der Waals surface area contributed by atoms with Gasteiger partial charge in [-0.25, -0.2) is 0 Å². The number of hydrogen-bond donors (Lipinski definition) is 1. The number of allylic oxidation sites excluding steroid dienone is 1. The summed E-state index contributed by atoms with van der Waals surface area (Å²) in [6.45, 7) is 0. The smallest absolute Gasteiger partial charge is 0.228 e. The summed E-state index contributed by atoms with van der Waals surface area (Å²) in [5.41, 5.74) is 4.07. The predicted molar refractivity (Wildman–Crippen MR) is 98.3 cm³/mol. The minimum absolute atomic E-state index is 0.633. The Balaban J connectivity index is 2.04. The van der Waals surface area contributed by atoms with E-state index >= 15 is 0 Å². The quantitative estimate of drug-likeness (QED) is 0.657. The van der Waals surface area contributed by atoms with Crippen LogP contribution < -0.4 is 15.2 Å². The number of rotatable bonds is 6. The number of nitrogens with one attached hydrogen (secondary N) is 1. The fourth-order valence-corrected chi connectivity index (χ4v) is 1.77. The molecule has 0 aliphatic rings. The van der Waals surface area contributed by atoms with Gasteiger partial charge in [-0.3, -0.25) is 5.43 Å². The molecule has 0 aliphatic carbocycles. The average molecular weight is 310 g/mol. The highest BCUT2D eigenvalue weighted by Gasteiger charge is 2.07. The van der Waals surface area contributed by atoms with Crippen LogP contribution in [0.3, 0.4) is 0 Å². The lowest BCUT2D eigenvalue weighted by Crippen LogP contribution is -2.17. The van der Waals surface area contributed by atoms with Crippen molar-refractivity contribution in [2.24, 2.45) is 5.10 Å². The summed E-state index contributed by atoms with van der Waals surface area (Å²) in [5.74, 6) is 2.10. The van der Waals surface area contributed by atoms with Gasteiger partial charge in [-0.05, 0) is 11.6 Å². The summed E-state index contributed by atoms with van der Waals surface area (Å²) < 4.78 is 0. The molecule has 0 saturated heterocycles. The van der Waals surface area contributed by atoms with Crippen LogP contribution in [-0.2, 0) is 0 Å². The third-order valence-corrected chi connectivity index (χ3v) is 2.99. The molecule has 23 heavy (non-hydrogen) atoms. The molecule has 0 radical (unpaired) electrons. The Labute approximate surface area is 137 Å². The molecule has 0 atom stereocenters.